The Morgan fingerprint density at radius 1 is 0.492 bits per heavy atom. The second-order valence-corrected chi connectivity index (χ2v) is 19.0. The van der Waals surface area contributed by atoms with Crippen molar-refractivity contribution in [3.05, 3.63) is 24.3 Å². The summed E-state index contributed by atoms with van der Waals surface area (Å²) >= 11 is 0. The first-order valence-corrected chi connectivity index (χ1v) is 27.3. The molecule has 0 fully saturated rings. The number of aliphatic hydroxyl groups excluding tert-OH is 2. The molecule has 0 aliphatic rings. The minimum atomic E-state index is -4.52. The minimum absolute atomic E-state index is 0.0491. The van der Waals surface area contributed by atoms with Crippen LogP contribution in [0.15, 0.2) is 24.3 Å². The fourth-order valence-corrected chi connectivity index (χ4v) is 8.20. The molecule has 3 atom stereocenters. The number of phosphoric ester groups is 1. The number of rotatable bonds is 50. The van der Waals surface area contributed by atoms with Crippen LogP contribution in [-0.4, -0.2) is 66.3 Å². The molecule has 0 radical (unpaired) electrons. The van der Waals surface area contributed by atoms with Crippen molar-refractivity contribution in [3.8, 4) is 0 Å². The van der Waals surface area contributed by atoms with Crippen molar-refractivity contribution in [3.63, 3.8) is 0 Å². The van der Waals surface area contributed by atoms with Crippen molar-refractivity contribution in [1.29, 1.82) is 0 Å². The predicted octanol–water partition coefficient (Wildman–Crippen LogP) is 15.0. The Morgan fingerprint density at radius 3 is 1.23 bits per heavy atom. The van der Waals surface area contributed by atoms with Crippen LogP contribution in [0.4, 0.5) is 0 Å². The fourth-order valence-electron chi connectivity index (χ4n) is 7.41. The van der Waals surface area contributed by atoms with Crippen LogP contribution in [0.1, 0.15) is 251 Å². The summed E-state index contributed by atoms with van der Waals surface area (Å²) in [6.07, 6.45) is 52.9. The Kier molecular flexibility index (Phi) is 47.6. The zero-order valence-electron chi connectivity index (χ0n) is 39.9. The van der Waals surface area contributed by atoms with Gasteiger partial charge in [-0.25, -0.2) is 4.57 Å². The van der Waals surface area contributed by atoms with E-state index in [2.05, 4.69) is 38.2 Å². The van der Waals surface area contributed by atoms with Gasteiger partial charge in [-0.3, -0.25) is 13.8 Å². The summed E-state index contributed by atoms with van der Waals surface area (Å²) < 4.78 is 33.5. The summed E-state index contributed by atoms with van der Waals surface area (Å²) in [4.78, 5) is 22.7. The van der Waals surface area contributed by atoms with Crippen molar-refractivity contribution in [1.82, 2.24) is 0 Å². The van der Waals surface area contributed by atoms with Crippen molar-refractivity contribution in [2.24, 2.45) is 0 Å². The second-order valence-electron chi connectivity index (χ2n) is 17.5. The molecule has 10 heteroatoms. The van der Waals surface area contributed by atoms with E-state index in [9.17, 15) is 19.4 Å². The van der Waals surface area contributed by atoms with E-state index in [0.29, 0.717) is 6.61 Å². The minimum Gasteiger partial charge on any atom is -0.457 e. The van der Waals surface area contributed by atoms with E-state index in [1.54, 1.807) is 0 Å². The Balaban J connectivity index is 4.02. The molecule has 3 unspecified atom stereocenters. The molecular formula is C51H99O9P. The lowest BCUT2D eigenvalue weighted by Crippen LogP contribution is -2.29. The van der Waals surface area contributed by atoms with Crippen molar-refractivity contribution in [2.45, 2.75) is 264 Å². The maximum atomic E-state index is 12.7. The molecule has 0 aromatic heterocycles. The Morgan fingerprint density at radius 2 is 0.836 bits per heavy atom. The van der Waals surface area contributed by atoms with Crippen LogP contribution in [0, 0.1) is 0 Å². The smallest absolute Gasteiger partial charge is 0.457 e. The first-order chi connectivity index (χ1) is 29.8. The molecular weight excluding hydrogens is 788 g/mol. The molecule has 0 saturated heterocycles. The molecule has 0 aliphatic heterocycles. The SMILES string of the molecule is CCCCCCCCC/C=C\CCCCCCCC(=O)OC(COCCCCCCCCCCCCCC/C=C\CCCCCCCCCC)COP(=O)(O)OCC(O)CO. The summed E-state index contributed by atoms with van der Waals surface area (Å²) in [7, 11) is -4.52. The molecule has 3 N–H and O–H groups in total. The van der Waals surface area contributed by atoms with Gasteiger partial charge >= 0.3 is 13.8 Å². The van der Waals surface area contributed by atoms with Crippen LogP contribution in [0.25, 0.3) is 0 Å². The number of hydrogen-bond acceptors (Lipinski definition) is 8. The van der Waals surface area contributed by atoms with E-state index in [1.807, 2.05) is 0 Å². The number of hydrogen-bond donors (Lipinski definition) is 3. The number of unbranched alkanes of at least 4 members (excludes halogenated alkanes) is 32. The van der Waals surface area contributed by atoms with Crippen molar-refractivity contribution in [2.75, 3.05) is 33.0 Å². The molecule has 0 saturated carbocycles. The van der Waals surface area contributed by atoms with Gasteiger partial charge < -0.3 is 24.6 Å². The van der Waals surface area contributed by atoms with Crippen molar-refractivity contribution < 1.29 is 43.0 Å². The van der Waals surface area contributed by atoms with E-state index in [4.69, 9.17) is 23.6 Å². The van der Waals surface area contributed by atoms with Gasteiger partial charge in [-0.1, -0.05) is 205 Å². The molecule has 0 aromatic rings. The highest BCUT2D eigenvalue weighted by molar-refractivity contribution is 7.47. The lowest BCUT2D eigenvalue weighted by Gasteiger charge is -2.20. The maximum absolute atomic E-state index is 12.7. The van der Waals surface area contributed by atoms with Crippen LogP contribution in [0.3, 0.4) is 0 Å². The lowest BCUT2D eigenvalue weighted by atomic mass is 10.0. The fraction of sp³-hybridized carbons (Fsp3) is 0.902. The van der Waals surface area contributed by atoms with E-state index in [0.717, 1.165) is 57.8 Å². The van der Waals surface area contributed by atoms with Gasteiger partial charge in [-0.15, -0.1) is 0 Å². The van der Waals surface area contributed by atoms with Crippen LogP contribution >= 0.6 is 7.82 Å². The molecule has 61 heavy (non-hydrogen) atoms. The largest absolute Gasteiger partial charge is 0.472 e. The highest BCUT2D eigenvalue weighted by atomic mass is 31.2. The van der Waals surface area contributed by atoms with E-state index >= 15 is 0 Å². The second kappa shape index (κ2) is 48.4. The number of phosphoric acid groups is 1. The number of ether oxygens (including phenoxy) is 2. The normalized spacial score (nSPS) is 14.0. The van der Waals surface area contributed by atoms with Crippen LogP contribution in [0.2, 0.25) is 0 Å². The van der Waals surface area contributed by atoms with Gasteiger partial charge in [-0.2, -0.15) is 0 Å². The standard InChI is InChI=1S/C51H99O9P/c1-3-5-7-9-11-13-15-17-19-21-22-23-24-25-26-27-28-30-32-34-36-38-40-42-44-57-47-50(48-59-61(55,56)58-46-49(53)45-52)60-51(54)43-41-39-37-35-33-31-29-20-18-16-14-12-10-8-6-4-2/h20-22,29,49-50,52-53H,3-19,23-28,30-48H2,1-2H3,(H,55,56)/b22-21-,29-20-. The van der Waals surface area contributed by atoms with Gasteiger partial charge in [0.25, 0.3) is 0 Å². The van der Waals surface area contributed by atoms with Gasteiger partial charge in [-0.05, 0) is 64.2 Å². The summed E-state index contributed by atoms with van der Waals surface area (Å²) in [6, 6.07) is 0. The van der Waals surface area contributed by atoms with E-state index in [1.165, 1.54) is 173 Å². The zero-order valence-corrected chi connectivity index (χ0v) is 40.8. The van der Waals surface area contributed by atoms with Gasteiger partial charge in [0.1, 0.15) is 12.2 Å². The Labute approximate surface area is 376 Å². The first kappa shape index (κ1) is 59.9. The number of allylic oxidation sites excluding steroid dienone is 4. The summed E-state index contributed by atoms with van der Waals surface area (Å²) in [5, 5.41) is 18.4. The van der Waals surface area contributed by atoms with Gasteiger partial charge in [0.05, 0.1) is 26.4 Å². The van der Waals surface area contributed by atoms with Gasteiger partial charge in [0.15, 0.2) is 0 Å². The van der Waals surface area contributed by atoms with Crippen LogP contribution < -0.4 is 0 Å². The monoisotopic (exact) mass is 887 g/mol. The molecule has 362 valence electrons. The summed E-state index contributed by atoms with van der Waals surface area (Å²) in [6.45, 7) is 3.55. The van der Waals surface area contributed by atoms with Gasteiger partial charge in [0, 0.05) is 13.0 Å². The number of aliphatic hydroxyl groups is 2. The molecule has 0 amide bonds. The average Bonchev–Trinajstić information content (AvgIpc) is 3.25. The molecule has 9 nitrogen and oxygen atoms in total. The number of carbonyl (C=O) groups excluding carboxylic acids is 1. The summed E-state index contributed by atoms with van der Waals surface area (Å²) in [5.41, 5.74) is 0. The summed E-state index contributed by atoms with van der Waals surface area (Å²) in [5.74, 6) is -0.387. The quantitative estimate of drug-likeness (QED) is 0.0236. The van der Waals surface area contributed by atoms with E-state index < -0.39 is 33.2 Å². The third kappa shape index (κ3) is 48.2. The number of esters is 1. The molecule has 0 spiro atoms. The Bertz CT molecular complexity index is 1010. The third-order valence-corrected chi connectivity index (χ3v) is 12.3. The zero-order chi connectivity index (χ0) is 44.6. The van der Waals surface area contributed by atoms with Crippen LogP contribution in [0.5, 0.6) is 0 Å². The van der Waals surface area contributed by atoms with Gasteiger partial charge in [0.2, 0.25) is 0 Å². The van der Waals surface area contributed by atoms with Crippen LogP contribution in [-0.2, 0) is 27.9 Å². The Hall–Kier alpha value is -1.06. The highest BCUT2D eigenvalue weighted by Crippen LogP contribution is 2.43. The van der Waals surface area contributed by atoms with E-state index in [-0.39, 0.29) is 25.6 Å². The van der Waals surface area contributed by atoms with Crippen molar-refractivity contribution >= 4 is 13.8 Å². The molecule has 0 heterocycles. The third-order valence-electron chi connectivity index (χ3n) is 11.4. The predicted molar refractivity (Wildman–Crippen MR) is 256 cm³/mol. The topological polar surface area (TPSA) is 132 Å². The highest BCUT2D eigenvalue weighted by Gasteiger charge is 2.26. The molecule has 0 bridgehead atoms. The molecule has 0 aliphatic carbocycles. The molecule has 0 rings (SSSR count). The number of carbonyl (C=O) groups is 1. The molecule has 0 aromatic carbocycles. The maximum Gasteiger partial charge on any atom is 0.472 e. The lowest BCUT2D eigenvalue weighted by molar-refractivity contribution is -0.154. The first-order valence-electron chi connectivity index (χ1n) is 25.8. The average molecular weight is 887 g/mol.